The fraction of sp³-hybridized carbons (Fsp3) is 0.500. The molecule has 0 unspecified atom stereocenters. The van der Waals surface area contributed by atoms with E-state index in [0.717, 1.165) is 0 Å². The van der Waals surface area contributed by atoms with Gasteiger partial charge in [0.05, 0.1) is 0 Å². The molecule has 0 saturated carbocycles. The Bertz CT molecular complexity index is 30.6. The van der Waals surface area contributed by atoms with Crippen LogP contribution in [0.5, 0.6) is 0 Å². The molecule has 0 saturated heterocycles. The normalized spacial score (nSPS) is 5.00. The van der Waals surface area contributed by atoms with Crippen molar-refractivity contribution in [1.29, 1.82) is 0 Å². The van der Waals surface area contributed by atoms with Gasteiger partial charge in [0.25, 0.3) is 0 Å². The van der Waals surface area contributed by atoms with E-state index >= 15 is 0 Å². The first-order chi connectivity index (χ1) is 1.73. The molecule has 0 rings (SSSR count). The number of hydrogen-bond acceptors (Lipinski definition) is 2. The second kappa shape index (κ2) is 5.05. The van der Waals surface area contributed by atoms with Gasteiger partial charge in [-0.3, -0.25) is 0 Å². The van der Waals surface area contributed by atoms with E-state index in [1.165, 1.54) is 0 Å². The zero-order valence-corrected chi connectivity index (χ0v) is 5.73. The summed E-state index contributed by atoms with van der Waals surface area (Å²) in [6.45, 7) is 1.71. The van der Waals surface area contributed by atoms with Crippen molar-refractivity contribution >= 4 is 29.0 Å². The largest absolute Gasteiger partial charge is 1.00 e. The average Bonchev–Trinajstić information content (AvgIpc) is 0.811. The van der Waals surface area contributed by atoms with Crippen molar-refractivity contribution in [2.24, 2.45) is 0 Å². The van der Waals surface area contributed by atoms with Gasteiger partial charge in [-0.1, -0.05) is 6.92 Å². The second-order valence-electron chi connectivity index (χ2n) is 0.492. The van der Waals surface area contributed by atoms with Crippen LogP contribution >= 0.6 is 12.2 Å². The van der Waals surface area contributed by atoms with Crippen LogP contribution in [0.3, 0.4) is 0 Å². The average molecular weight is 199 g/mol. The molecule has 34 valence electrons. The summed E-state index contributed by atoms with van der Waals surface area (Å²) < 4.78 is 0.583. The van der Waals surface area contributed by atoms with Crippen molar-refractivity contribution < 1.29 is 22.4 Å². The van der Waals surface area contributed by atoms with Crippen molar-refractivity contribution in [2.45, 2.75) is 6.92 Å². The van der Waals surface area contributed by atoms with E-state index in [9.17, 15) is 0 Å². The standard InChI is InChI=1S/C2H4S2.Ag/c1-2(3)4;/h1H3,(H,3,4);/q;+1/p-1. The minimum Gasteiger partial charge on any atom is -0.433 e. The number of rotatable bonds is 0. The van der Waals surface area contributed by atoms with Gasteiger partial charge in [-0.25, -0.2) is 0 Å². The van der Waals surface area contributed by atoms with Crippen molar-refractivity contribution in [1.82, 2.24) is 0 Å². The summed E-state index contributed by atoms with van der Waals surface area (Å²) in [5, 5.41) is 0. The van der Waals surface area contributed by atoms with Crippen molar-refractivity contribution in [3.8, 4) is 0 Å². The fourth-order valence-electron chi connectivity index (χ4n) is 0. The van der Waals surface area contributed by atoms with Crippen LogP contribution in [0.1, 0.15) is 6.92 Å². The van der Waals surface area contributed by atoms with Crippen LogP contribution in [-0.4, -0.2) is 4.20 Å². The molecule has 0 bridgehead atoms. The van der Waals surface area contributed by atoms with E-state index in [4.69, 9.17) is 0 Å². The molecule has 0 aliphatic heterocycles. The van der Waals surface area contributed by atoms with Gasteiger partial charge in [0.2, 0.25) is 0 Å². The summed E-state index contributed by atoms with van der Waals surface area (Å²) in [4.78, 5) is 0. The fourth-order valence-corrected chi connectivity index (χ4v) is 0. The van der Waals surface area contributed by atoms with Crippen LogP contribution in [0.2, 0.25) is 0 Å². The van der Waals surface area contributed by atoms with Gasteiger partial charge >= 0.3 is 22.4 Å². The molecule has 0 spiro atoms. The molecule has 0 nitrogen and oxygen atoms in total. The van der Waals surface area contributed by atoms with Gasteiger partial charge in [0.15, 0.2) is 0 Å². The predicted octanol–water partition coefficient (Wildman–Crippen LogP) is 0.878. The first-order valence-corrected chi connectivity index (χ1v) is 1.72. The molecule has 0 atom stereocenters. The van der Waals surface area contributed by atoms with Crippen LogP contribution in [0, 0.1) is 0 Å². The third-order valence-corrected chi connectivity index (χ3v) is 0. The van der Waals surface area contributed by atoms with E-state index in [-0.39, 0.29) is 22.4 Å². The Labute approximate surface area is 58.3 Å². The molecule has 0 heterocycles. The zero-order valence-electron chi connectivity index (χ0n) is 2.62. The van der Waals surface area contributed by atoms with Gasteiger partial charge in [-0.15, -0.1) is 0 Å². The van der Waals surface area contributed by atoms with Crippen LogP contribution in [0.15, 0.2) is 0 Å². The third-order valence-electron chi connectivity index (χ3n) is 0. The Morgan fingerprint density at radius 2 is 1.80 bits per heavy atom. The summed E-state index contributed by atoms with van der Waals surface area (Å²) in [6.07, 6.45) is 0. The molecular weight excluding hydrogens is 196 g/mol. The molecule has 5 heavy (non-hydrogen) atoms. The van der Waals surface area contributed by atoms with E-state index in [0.29, 0.717) is 4.20 Å². The van der Waals surface area contributed by atoms with E-state index < -0.39 is 0 Å². The molecule has 3 heteroatoms. The monoisotopic (exact) mass is 198 g/mol. The maximum absolute atomic E-state index is 4.35. The maximum Gasteiger partial charge on any atom is 1.00 e. The Morgan fingerprint density at radius 3 is 1.80 bits per heavy atom. The minimum absolute atomic E-state index is 0. The molecule has 0 N–H and O–H groups in total. The van der Waals surface area contributed by atoms with Crippen molar-refractivity contribution in [2.75, 3.05) is 0 Å². The quantitative estimate of drug-likeness (QED) is 0.322. The van der Waals surface area contributed by atoms with Gasteiger partial charge in [0.1, 0.15) is 0 Å². The Hall–Kier alpha value is 1.05. The molecular formula is C2H3AgS2. The molecule has 0 amide bonds. The van der Waals surface area contributed by atoms with Gasteiger partial charge in [-0.2, -0.15) is 4.20 Å². The second-order valence-corrected chi connectivity index (χ2v) is 1.97. The van der Waals surface area contributed by atoms with Crippen molar-refractivity contribution in [3.05, 3.63) is 0 Å². The smallest absolute Gasteiger partial charge is 0.433 e. The summed E-state index contributed by atoms with van der Waals surface area (Å²) in [5.41, 5.74) is 0. The van der Waals surface area contributed by atoms with Crippen LogP contribution in [0.4, 0.5) is 0 Å². The van der Waals surface area contributed by atoms with E-state index in [1.54, 1.807) is 6.92 Å². The van der Waals surface area contributed by atoms with Gasteiger partial charge < -0.3 is 24.8 Å². The summed E-state index contributed by atoms with van der Waals surface area (Å²) in [5.74, 6) is 0. The summed E-state index contributed by atoms with van der Waals surface area (Å²) in [6, 6.07) is 0. The van der Waals surface area contributed by atoms with E-state index in [1.807, 2.05) is 0 Å². The van der Waals surface area contributed by atoms with Gasteiger partial charge in [0, 0.05) is 0 Å². The van der Waals surface area contributed by atoms with Crippen LogP contribution in [0.25, 0.3) is 0 Å². The van der Waals surface area contributed by atoms with E-state index in [2.05, 4.69) is 24.8 Å². The van der Waals surface area contributed by atoms with Crippen LogP contribution in [-0.2, 0) is 35.0 Å². The Kier molecular flexibility index (Phi) is 9.50. The van der Waals surface area contributed by atoms with Gasteiger partial charge in [-0.05, 0) is 0 Å². The molecule has 0 aromatic rings. The molecule has 0 radical (unpaired) electrons. The minimum atomic E-state index is 0. The third kappa shape index (κ3) is 42.6. The molecule has 0 aliphatic rings. The van der Waals surface area contributed by atoms with Crippen molar-refractivity contribution in [3.63, 3.8) is 0 Å². The zero-order chi connectivity index (χ0) is 3.58. The SMILES string of the molecule is CC(=S)[S-].[Ag+]. The molecule has 0 aliphatic carbocycles. The predicted molar refractivity (Wildman–Crippen MR) is 25.6 cm³/mol. The van der Waals surface area contributed by atoms with Crippen LogP contribution < -0.4 is 0 Å². The first kappa shape index (κ1) is 9.41. The molecule has 0 fully saturated rings. The number of hydrogen-bond donors (Lipinski definition) is 0. The molecule has 0 aromatic heterocycles. The topological polar surface area (TPSA) is 0 Å². The first-order valence-electron chi connectivity index (χ1n) is 0.908. The Morgan fingerprint density at radius 1 is 1.80 bits per heavy atom. The maximum atomic E-state index is 4.35. The molecule has 0 aromatic carbocycles. The Balaban J connectivity index is 0. The number of thiocarbonyl (C=S) groups is 1. The summed E-state index contributed by atoms with van der Waals surface area (Å²) >= 11 is 8.70. The summed E-state index contributed by atoms with van der Waals surface area (Å²) in [7, 11) is 0.